The SMILES string of the molecule is CCCCNC(=O)Cn1ccc2cc(CO)ccc21. The summed E-state index contributed by atoms with van der Waals surface area (Å²) >= 11 is 0. The molecule has 2 aromatic rings. The van der Waals surface area contributed by atoms with Crippen molar-refractivity contribution in [2.24, 2.45) is 0 Å². The van der Waals surface area contributed by atoms with Gasteiger partial charge in [0.1, 0.15) is 6.54 Å². The Morgan fingerprint density at radius 3 is 2.95 bits per heavy atom. The van der Waals surface area contributed by atoms with Crippen LogP contribution in [0.2, 0.25) is 0 Å². The van der Waals surface area contributed by atoms with E-state index in [0.29, 0.717) is 6.54 Å². The zero-order chi connectivity index (χ0) is 13.7. The van der Waals surface area contributed by atoms with E-state index in [9.17, 15) is 4.79 Å². The van der Waals surface area contributed by atoms with Gasteiger partial charge in [-0.15, -0.1) is 0 Å². The van der Waals surface area contributed by atoms with Crippen molar-refractivity contribution >= 4 is 16.8 Å². The van der Waals surface area contributed by atoms with Crippen molar-refractivity contribution in [3.63, 3.8) is 0 Å². The first-order valence-electron chi connectivity index (χ1n) is 6.70. The van der Waals surface area contributed by atoms with Crippen molar-refractivity contribution in [2.75, 3.05) is 6.54 Å². The van der Waals surface area contributed by atoms with Crippen LogP contribution in [0.3, 0.4) is 0 Å². The van der Waals surface area contributed by atoms with Crippen LogP contribution in [0.25, 0.3) is 10.9 Å². The summed E-state index contributed by atoms with van der Waals surface area (Å²) in [7, 11) is 0. The van der Waals surface area contributed by atoms with Gasteiger partial charge in [0.25, 0.3) is 0 Å². The Balaban J connectivity index is 2.06. The Labute approximate surface area is 113 Å². The third-order valence-corrected chi connectivity index (χ3v) is 3.18. The molecule has 1 aromatic carbocycles. The van der Waals surface area contributed by atoms with E-state index in [1.807, 2.05) is 35.0 Å². The first-order valence-corrected chi connectivity index (χ1v) is 6.70. The molecule has 0 spiro atoms. The van der Waals surface area contributed by atoms with Gasteiger partial charge in [0.15, 0.2) is 0 Å². The predicted molar refractivity (Wildman–Crippen MR) is 75.8 cm³/mol. The number of amides is 1. The highest BCUT2D eigenvalue weighted by molar-refractivity contribution is 5.83. The highest BCUT2D eigenvalue weighted by atomic mass is 16.3. The third-order valence-electron chi connectivity index (χ3n) is 3.18. The number of unbranched alkanes of at least 4 members (excludes halogenated alkanes) is 1. The summed E-state index contributed by atoms with van der Waals surface area (Å²) in [5.41, 5.74) is 1.90. The fraction of sp³-hybridized carbons (Fsp3) is 0.400. The van der Waals surface area contributed by atoms with Crippen molar-refractivity contribution in [3.8, 4) is 0 Å². The van der Waals surface area contributed by atoms with Crippen LogP contribution in [0.5, 0.6) is 0 Å². The second kappa shape index (κ2) is 6.38. The largest absolute Gasteiger partial charge is 0.392 e. The maximum Gasteiger partial charge on any atom is 0.239 e. The summed E-state index contributed by atoms with van der Waals surface area (Å²) in [6.45, 7) is 3.22. The van der Waals surface area contributed by atoms with Gasteiger partial charge < -0.3 is 15.0 Å². The number of hydrogen-bond acceptors (Lipinski definition) is 2. The first-order chi connectivity index (χ1) is 9.24. The molecule has 4 heteroatoms. The Morgan fingerprint density at radius 1 is 1.37 bits per heavy atom. The number of carbonyl (C=O) groups is 1. The van der Waals surface area contributed by atoms with Gasteiger partial charge >= 0.3 is 0 Å². The number of fused-ring (bicyclic) bond motifs is 1. The second-order valence-corrected chi connectivity index (χ2v) is 4.70. The molecule has 4 nitrogen and oxygen atoms in total. The molecule has 19 heavy (non-hydrogen) atoms. The van der Waals surface area contributed by atoms with Gasteiger partial charge in [-0.05, 0) is 35.6 Å². The van der Waals surface area contributed by atoms with Gasteiger partial charge in [-0.3, -0.25) is 4.79 Å². The molecule has 0 saturated heterocycles. The van der Waals surface area contributed by atoms with Gasteiger partial charge in [-0.1, -0.05) is 19.4 Å². The molecule has 0 unspecified atom stereocenters. The van der Waals surface area contributed by atoms with Crippen LogP contribution in [0, 0.1) is 0 Å². The molecular weight excluding hydrogens is 240 g/mol. The van der Waals surface area contributed by atoms with Crippen molar-refractivity contribution in [2.45, 2.75) is 32.9 Å². The number of rotatable bonds is 6. The first kappa shape index (κ1) is 13.6. The van der Waals surface area contributed by atoms with Crippen LogP contribution in [-0.2, 0) is 17.9 Å². The number of aliphatic hydroxyl groups excluding tert-OH is 1. The van der Waals surface area contributed by atoms with Crippen LogP contribution in [0.1, 0.15) is 25.3 Å². The smallest absolute Gasteiger partial charge is 0.239 e. The molecular formula is C15H20N2O2. The number of aliphatic hydroxyl groups is 1. The number of carbonyl (C=O) groups excluding carboxylic acids is 1. The van der Waals surface area contributed by atoms with E-state index in [4.69, 9.17) is 5.11 Å². The topological polar surface area (TPSA) is 54.3 Å². The fourth-order valence-electron chi connectivity index (χ4n) is 2.10. The van der Waals surface area contributed by atoms with E-state index in [0.717, 1.165) is 35.9 Å². The van der Waals surface area contributed by atoms with E-state index in [1.165, 1.54) is 0 Å². The number of nitrogens with one attached hydrogen (secondary N) is 1. The molecule has 2 rings (SSSR count). The molecule has 0 aliphatic rings. The van der Waals surface area contributed by atoms with E-state index >= 15 is 0 Å². The van der Waals surface area contributed by atoms with E-state index in [-0.39, 0.29) is 12.5 Å². The van der Waals surface area contributed by atoms with Crippen molar-refractivity contribution in [3.05, 3.63) is 36.0 Å². The van der Waals surface area contributed by atoms with Gasteiger partial charge in [-0.2, -0.15) is 0 Å². The maximum atomic E-state index is 11.8. The average Bonchev–Trinajstić information content (AvgIpc) is 2.81. The van der Waals surface area contributed by atoms with Gasteiger partial charge in [0.2, 0.25) is 5.91 Å². The number of benzene rings is 1. The second-order valence-electron chi connectivity index (χ2n) is 4.70. The lowest BCUT2D eigenvalue weighted by Crippen LogP contribution is -2.28. The number of hydrogen-bond donors (Lipinski definition) is 2. The zero-order valence-electron chi connectivity index (χ0n) is 11.2. The van der Waals surface area contributed by atoms with Crippen LogP contribution >= 0.6 is 0 Å². The van der Waals surface area contributed by atoms with Crippen LogP contribution < -0.4 is 5.32 Å². The monoisotopic (exact) mass is 260 g/mol. The lowest BCUT2D eigenvalue weighted by Gasteiger charge is -2.07. The minimum absolute atomic E-state index is 0.0391. The Kier molecular flexibility index (Phi) is 4.58. The van der Waals surface area contributed by atoms with Crippen LogP contribution in [-0.4, -0.2) is 22.1 Å². The molecule has 2 N–H and O–H groups in total. The zero-order valence-corrected chi connectivity index (χ0v) is 11.2. The van der Waals surface area contributed by atoms with Crippen molar-refractivity contribution < 1.29 is 9.90 Å². The molecule has 1 amide bonds. The van der Waals surface area contributed by atoms with E-state index in [1.54, 1.807) is 0 Å². The Bertz CT molecular complexity index is 560. The number of nitrogens with zero attached hydrogens (tertiary/aromatic N) is 1. The molecule has 0 aliphatic carbocycles. The molecule has 0 atom stereocenters. The highest BCUT2D eigenvalue weighted by Crippen LogP contribution is 2.17. The van der Waals surface area contributed by atoms with E-state index in [2.05, 4.69) is 12.2 Å². The summed E-state index contributed by atoms with van der Waals surface area (Å²) in [5.74, 6) is 0.0391. The third kappa shape index (κ3) is 3.35. The quantitative estimate of drug-likeness (QED) is 0.781. The normalized spacial score (nSPS) is 10.8. The van der Waals surface area contributed by atoms with Crippen molar-refractivity contribution in [1.29, 1.82) is 0 Å². The Hall–Kier alpha value is -1.81. The Morgan fingerprint density at radius 2 is 2.21 bits per heavy atom. The van der Waals surface area contributed by atoms with Gasteiger partial charge in [0, 0.05) is 18.3 Å². The molecule has 0 bridgehead atoms. The molecule has 1 aromatic heterocycles. The summed E-state index contributed by atoms with van der Waals surface area (Å²) < 4.78 is 1.93. The lowest BCUT2D eigenvalue weighted by atomic mass is 10.2. The predicted octanol–water partition coefficient (Wildman–Crippen LogP) is 2.05. The minimum Gasteiger partial charge on any atom is -0.392 e. The minimum atomic E-state index is 0.0391. The van der Waals surface area contributed by atoms with Gasteiger partial charge in [-0.25, -0.2) is 0 Å². The summed E-state index contributed by atoms with van der Waals surface area (Å²) in [4.78, 5) is 11.8. The molecule has 102 valence electrons. The van der Waals surface area contributed by atoms with Gasteiger partial charge in [0.05, 0.1) is 6.61 Å². The van der Waals surface area contributed by atoms with Crippen LogP contribution in [0.4, 0.5) is 0 Å². The maximum absolute atomic E-state index is 11.8. The summed E-state index contributed by atoms with van der Waals surface area (Å²) in [6, 6.07) is 7.74. The summed E-state index contributed by atoms with van der Waals surface area (Å²) in [6.07, 6.45) is 4.00. The molecule has 0 saturated carbocycles. The lowest BCUT2D eigenvalue weighted by molar-refractivity contribution is -0.121. The highest BCUT2D eigenvalue weighted by Gasteiger charge is 2.06. The fourth-order valence-corrected chi connectivity index (χ4v) is 2.10. The standard InChI is InChI=1S/C15H20N2O2/c1-2-3-7-16-15(19)10-17-8-6-13-9-12(11-18)4-5-14(13)17/h4-6,8-9,18H,2-3,7,10-11H2,1H3,(H,16,19). The molecule has 0 aliphatic heterocycles. The molecule has 1 heterocycles. The molecule has 0 radical (unpaired) electrons. The summed E-state index contributed by atoms with van der Waals surface area (Å²) in [5, 5.41) is 13.1. The average molecular weight is 260 g/mol. The van der Waals surface area contributed by atoms with Crippen LogP contribution in [0.15, 0.2) is 30.5 Å². The molecule has 0 fully saturated rings. The van der Waals surface area contributed by atoms with E-state index < -0.39 is 0 Å². The van der Waals surface area contributed by atoms with Crippen molar-refractivity contribution in [1.82, 2.24) is 9.88 Å². The number of aromatic nitrogens is 1.